The summed E-state index contributed by atoms with van der Waals surface area (Å²) in [5.41, 5.74) is -0.266. The van der Waals surface area contributed by atoms with E-state index in [1.165, 1.54) is 7.05 Å². The summed E-state index contributed by atoms with van der Waals surface area (Å²) in [5.74, 6) is -2.06. The van der Waals surface area contributed by atoms with Crippen molar-refractivity contribution in [3.05, 3.63) is 29.3 Å². The van der Waals surface area contributed by atoms with Gasteiger partial charge in [-0.15, -0.1) is 0 Å². The molecule has 1 unspecified atom stereocenters. The van der Waals surface area contributed by atoms with Gasteiger partial charge in [0.15, 0.2) is 0 Å². The molecule has 0 radical (unpaired) electrons. The van der Waals surface area contributed by atoms with Gasteiger partial charge in [-0.25, -0.2) is 8.78 Å². The van der Waals surface area contributed by atoms with Crippen LogP contribution in [-0.2, 0) is 0 Å². The number of nitrogens with one attached hydrogen (secondary N) is 2. The second-order valence-electron chi connectivity index (χ2n) is 4.70. The third-order valence-corrected chi connectivity index (χ3v) is 2.57. The van der Waals surface area contributed by atoms with Gasteiger partial charge in [0.1, 0.15) is 17.3 Å². The molecule has 1 atom stereocenters. The zero-order valence-corrected chi connectivity index (χ0v) is 11.6. The number of benzene rings is 1. The summed E-state index contributed by atoms with van der Waals surface area (Å²) in [6, 6.07) is 1.93. The zero-order valence-electron chi connectivity index (χ0n) is 11.6. The largest absolute Gasteiger partial charge is 0.383 e. The highest BCUT2D eigenvalue weighted by Gasteiger charge is 2.16. The molecule has 1 aromatic rings. The van der Waals surface area contributed by atoms with E-state index in [4.69, 9.17) is 0 Å². The summed E-state index contributed by atoms with van der Waals surface area (Å²) >= 11 is 0. The molecular formula is C13H19F2N3O. The molecule has 0 heterocycles. The van der Waals surface area contributed by atoms with Crippen molar-refractivity contribution in [2.75, 3.05) is 33.0 Å². The lowest BCUT2D eigenvalue weighted by Gasteiger charge is -2.18. The topological polar surface area (TPSA) is 44.4 Å². The number of carbonyl (C=O) groups excluding carboxylic acids is 1. The Kier molecular flexibility index (Phi) is 5.23. The monoisotopic (exact) mass is 271 g/mol. The molecule has 0 spiro atoms. The van der Waals surface area contributed by atoms with Gasteiger partial charge >= 0.3 is 0 Å². The van der Waals surface area contributed by atoms with Crippen LogP contribution in [0.1, 0.15) is 17.3 Å². The summed E-state index contributed by atoms with van der Waals surface area (Å²) in [4.78, 5) is 13.8. The Hall–Kier alpha value is -1.69. The van der Waals surface area contributed by atoms with Gasteiger partial charge in [0.2, 0.25) is 0 Å². The number of halogens is 2. The van der Waals surface area contributed by atoms with Crippen molar-refractivity contribution in [1.82, 2.24) is 10.2 Å². The van der Waals surface area contributed by atoms with Crippen LogP contribution in [0.5, 0.6) is 0 Å². The molecule has 4 nitrogen and oxygen atoms in total. The van der Waals surface area contributed by atoms with Crippen LogP contribution < -0.4 is 10.6 Å². The molecule has 106 valence electrons. The molecule has 1 rings (SSSR count). The normalized spacial score (nSPS) is 12.4. The molecular weight excluding hydrogens is 252 g/mol. The van der Waals surface area contributed by atoms with Crippen LogP contribution in [0, 0.1) is 11.6 Å². The number of anilines is 1. The minimum atomic E-state index is -0.784. The van der Waals surface area contributed by atoms with Gasteiger partial charge in [0.05, 0.1) is 0 Å². The zero-order chi connectivity index (χ0) is 14.6. The van der Waals surface area contributed by atoms with E-state index in [1.54, 1.807) is 0 Å². The number of hydrogen-bond donors (Lipinski definition) is 2. The van der Waals surface area contributed by atoms with Crippen molar-refractivity contribution in [1.29, 1.82) is 0 Å². The molecule has 0 saturated heterocycles. The molecule has 6 heteroatoms. The van der Waals surface area contributed by atoms with Gasteiger partial charge in [-0.1, -0.05) is 0 Å². The molecule has 0 aliphatic heterocycles. The highest BCUT2D eigenvalue weighted by Crippen LogP contribution is 2.20. The number of rotatable bonds is 5. The minimum Gasteiger partial charge on any atom is -0.383 e. The number of hydrogen-bond acceptors (Lipinski definition) is 3. The van der Waals surface area contributed by atoms with E-state index in [0.29, 0.717) is 6.54 Å². The lowest BCUT2D eigenvalue weighted by molar-refractivity contribution is 0.0933. The van der Waals surface area contributed by atoms with Crippen LogP contribution >= 0.6 is 0 Å². The Morgan fingerprint density at radius 1 is 1.32 bits per heavy atom. The van der Waals surface area contributed by atoms with Gasteiger partial charge in [-0.2, -0.15) is 0 Å². The lowest BCUT2D eigenvalue weighted by atomic mass is 10.1. The molecule has 0 fully saturated rings. The van der Waals surface area contributed by atoms with Gasteiger partial charge < -0.3 is 15.5 Å². The smallest absolute Gasteiger partial charge is 0.251 e. The third-order valence-electron chi connectivity index (χ3n) is 2.57. The molecule has 1 aromatic carbocycles. The second-order valence-corrected chi connectivity index (χ2v) is 4.70. The van der Waals surface area contributed by atoms with Crippen molar-refractivity contribution in [2.45, 2.75) is 13.0 Å². The van der Waals surface area contributed by atoms with E-state index in [-0.39, 0.29) is 17.3 Å². The maximum absolute atomic E-state index is 13.5. The summed E-state index contributed by atoms with van der Waals surface area (Å²) in [5, 5.41) is 5.09. The maximum Gasteiger partial charge on any atom is 0.251 e. The van der Waals surface area contributed by atoms with Crippen molar-refractivity contribution in [3.8, 4) is 0 Å². The maximum atomic E-state index is 13.5. The average molecular weight is 271 g/mol. The standard InChI is InChI=1S/C13H19F2N3O/c1-8(7-18(3)4)17-13(19)9-5-10(14)12(16-2)11(15)6-9/h5-6,8,16H,7H2,1-4H3,(H,17,19). The van der Waals surface area contributed by atoms with E-state index in [2.05, 4.69) is 10.6 Å². The van der Waals surface area contributed by atoms with E-state index in [0.717, 1.165) is 12.1 Å². The fraction of sp³-hybridized carbons (Fsp3) is 0.462. The fourth-order valence-corrected chi connectivity index (χ4v) is 1.84. The van der Waals surface area contributed by atoms with Gasteiger partial charge in [0, 0.05) is 25.2 Å². The minimum absolute atomic E-state index is 0.0281. The molecule has 2 N–H and O–H groups in total. The van der Waals surface area contributed by atoms with Crippen molar-refractivity contribution >= 4 is 11.6 Å². The molecule has 0 bridgehead atoms. The lowest BCUT2D eigenvalue weighted by Crippen LogP contribution is -2.39. The number of nitrogens with zero attached hydrogens (tertiary/aromatic N) is 1. The van der Waals surface area contributed by atoms with E-state index in [1.807, 2.05) is 25.9 Å². The first-order valence-corrected chi connectivity index (χ1v) is 5.97. The molecule has 0 aliphatic carbocycles. The number of carbonyl (C=O) groups is 1. The SMILES string of the molecule is CNc1c(F)cc(C(=O)NC(C)CN(C)C)cc1F. The van der Waals surface area contributed by atoms with Crippen LogP contribution in [0.2, 0.25) is 0 Å². The first-order chi connectivity index (χ1) is 8.85. The highest BCUT2D eigenvalue weighted by molar-refractivity contribution is 5.94. The quantitative estimate of drug-likeness (QED) is 0.856. The van der Waals surface area contributed by atoms with Crippen LogP contribution in [0.25, 0.3) is 0 Å². The Balaban J connectivity index is 2.83. The molecule has 0 saturated carbocycles. The van der Waals surface area contributed by atoms with E-state index >= 15 is 0 Å². The van der Waals surface area contributed by atoms with Crippen molar-refractivity contribution < 1.29 is 13.6 Å². The number of amides is 1. The van der Waals surface area contributed by atoms with Gasteiger partial charge in [-0.05, 0) is 33.2 Å². The van der Waals surface area contributed by atoms with Crippen molar-refractivity contribution in [3.63, 3.8) is 0 Å². The van der Waals surface area contributed by atoms with Crippen LogP contribution in [-0.4, -0.2) is 44.5 Å². The first-order valence-electron chi connectivity index (χ1n) is 5.97. The summed E-state index contributed by atoms with van der Waals surface area (Å²) < 4.78 is 27.1. The predicted octanol–water partition coefficient (Wildman–Crippen LogP) is 1.69. The van der Waals surface area contributed by atoms with Crippen LogP contribution in [0.3, 0.4) is 0 Å². The fourth-order valence-electron chi connectivity index (χ4n) is 1.84. The Morgan fingerprint density at radius 3 is 2.26 bits per heavy atom. The van der Waals surface area contributed by atoms with Crippen LogP contribution in [0.15, 0.2) is 12.1 Å². The molecule has 19 heavy (non-hydrogen) atoms. The van der Waals surface area contributed by atoms with Crippen molar-refractivity contribution in [2.24, 2.45) is 0 Å². The average Bonchev–Trinajstić information content (AvgIpc) is 2.26. The van der Waals surface area contributed by atoms with Crippen LogP contribution in [0.4, 0.5) is 14.5 Å². The van der Waals surface area contributed by atoms with E-state index in [9.17, 15) is 13.6 Å². The third kappa shape index (κ3) is 4.17. The number of likely N-dealkylation sites (N-methyl/N-ethyl adjacent to an activating group) is 1. The molecule has 0 aromatic heterocycles. The summed E-state index contributed by atoms with van der Waals surface area (Å²) in [7, 11) is 5.17. The second kappa shape index (κ2) is 6.47. The predicted molar refractivity (Wildman–Crippen MR) is 71.4 cm³/mol. The summed E-state index contributed by atoms with van der Waals surface area (Å²) in [6.45, 7) is 2.47. The first kappa shape index (κ1) is 15.4. The molecule has 1 amide bonds. The highest BCUT2D eigenvalue weighted by atomic mass is 19.1. The van der Waals surface area contributed by atoms with Gasteiger partial charge in [0.25, 0.3) is 5.91 Å². The summed E-state index contributed by atoms with van der Waals surface area (Å²) in [6.07, 6.45) is 0. The van der Waals surface area contributed by atoms with E-state index < -0.39 is 17.5 Å². The Labute approximate surface area is 111 Å². The van der Waals surface area contributed by atoms with Gasteiger partial charge in [-0.3, -0.25) is 4.79 Å². The Morgan fingerprint density at radius 2 is 1.84 bits per heavy atom. The molecule has 0 aliphatic rings. The Bertz CT molecular complexity index is 440.